The van der Waals surface area contributed by atoms with Crippen molar-refractivity contribution in [3.63, 3.8) is 0 Å². The summed E-state index contributed by atoms with van der Waals surface area (Å²) in [5.74, 6) is 2.77. The topological polar surface area (TPSA) is 73.0 Å². The summed E-state index contributed by atoms with van der Waals surface area (Å²) < 4.78 is 16.2. The summed E-state index contributed by atoms with van der Waals surface area (Å²) in [5, 5.41) is 2.03. The molecule has 2 aromatic rings. The molecular weight excluding hydrogens is 346 g/mol. The van der Waals surface area contributed by atoms with E-state index in [1.54, 1.807) is 6.26 Å². The first-order valence-corrected chi connectivity index (χ1v) is 9.55. The summed E-state index contributed by atoms with van der Waals surface area (Å²) in [6.07, 6.45) is 1.67. The Bertz CT molecular complexity index is 770. The predicted molar refractivity (Wildman–Crippen MR) is 97.5 cm³/mol. The van der Waals surface area contributed by atoms with E-state index in [0.29, 0.717) is 13.3 Å². The van der Waals surface area contributed by atoms with Gasteiger partial charge in [-0.05, 0) is 37.3 Å². The molecule has 0 saturated carbocycles. The van der Waals surface area contributed by atoms with Gasteiger partial charge in [0.15, 0.2) is 23.8 Å². The minimum Gasteiger partial charge on any atom is -0.463 e. The molecule has 7 nitrogen and oxygen atoms in total. The highest BCUT2D eigenvalue weighted by molar-refractivity contribution is 5.77. The fourth-order valence-electron chi connectivity index (χ4n) is 3.66. The van der Waals surface area contributed by atoms with Gasteiger partial charge in [-0.2, -0.15) is 0 Å². The molecule has 3 heterocycles. The fourth-order valence-corrected chi connectivity index (χ4v) is 3.66. The van der Waals surface area contributed by atoms with Crippen molar-refractivity contribution < 1.29 is 28.9 Å². The van der Waals surface area contributed by atoms with Crippen molar-refractivity contribution in [3.8, 4) is 11.5 Å². The molecule has 144 valence electrons. The van der Waals surface area contributed by atoms with E-state index in [9.17, 15) is 4.79 Å². The van der Waals surface area contributed by atoms with Gasteiger partial charge >= 0.3 is 0 Å². The monoisotopic (exact) mass is 373 g/mol. The standard InChI is InChI=1S/C20H25N3O4/c1-15(17-3-2-10-25-17)21-12-20(24)23-8-6-22(7-9-23)13-16-4-5-18-19(11-16)27-14-26-18/h2-5,10-11,15,21H,6-9,12-14H2,1H3/p+2/t15-/m1/s1. The first-order valence-electron chi connectivity index (χ1n) is 9.55. The van der Waals surface area contributed by atoms with Crippen molar-refractivity contribution in [3.05, 3.63) is 47.9 Å². The lowest BCUT2D eigenvalue weighted by molar-refractivity contribution is -0.917. The molecule has 2 aliphatic heterocycles. The molecule has 0 aliphatic carbocycles. The maximum absolute atomic E-state index is 12.5. The SMILES string of the molecule is C[C@@H]([NH2+]CC(=O)N1CC[NH+](Cc2ccc3c(c2)OCO3)CC1)c1ccco1. The fraction of sp³-hybridized carbons (Fsp3) is 0.450. The van der Waals surface area contributed by atoms with Gasteiger partial charge in [0.2, 0.25) is 6.79 Å². The number of nitrogens with zero attached hydrogens (tertiary/aromatic N) is 1. The Balaban J connectivity index is 1.22. The van der Waals surface area contributed by atoms with E-state index in [-0.39, 0.29) is 11.9 Å². The normalized spacial score (nSPS) is 17.9. The Morgan fingerprint density at radius 2 is 2.04 bits per heavy atom. The second kappa shape index (κ2) is 8.02. The molecule has 0 spiro atoms. The summed E-state index contributed by atoms with van der Waals surface area (Å²) in [6, 6.07) is 10.1. The lowest BCUT2D eigenvalue weighted by Gasteiger charge is -2.32. The molecule has 1 saturated heterocycles. The third kappa shape index (κ3) is 4.26. The molecule has 3 N–H and O–H groups in total. The van der Waals surface area contributed by atoms with Gasteiger partial charge in [0.25, 0.3) is 5.91 Å². The number of nitrogens with two attached hydrogens (primary N) is 1. The number of fused-ring (bicyclic) bond motifs is 1. The number of quaternary nitrogens is 2. The largest absolute Gasteiger partial charge is 0.463 e. The lowest BCUT2D eigenvalue weighted by Crippen LogP contribution is -3.13. The smallest absolute Gasteiger partial charge is 0.278 e. The quantitative estimate of drug-likeness (QED) is 0.720. The van der Waals surface area contributed by atoms with Crippen molar-refractivity contribution in [2.24, 2.45) is 0 Å². The van der Waals surface area contributed by atoms with Crippen LogP contribution in [-0.4, -0.2) is 50.3 Å². The summed E-state index contributed by atoms with van der Waals surface area (Å²) >= 11 is 0. The summed E-state index contributed by atoms with van der Waals surface area (Å²) in [4.78, 5) is 16.0. The summed E-state index contributed by atoms with van der Waals surface area (Å²) in [5.41, 5.74) is 1.25. The molecule has 4 rings (SSSR count). The van der Waals surface area contributed by atoms with Crippen molar-refractivity contribution >= 4 is 5.91 Å². The Morgan fingerprint density at radius 3 is 2.81 bits per heavy atom. The van der Waals surface area contributed by atoms with Gasteiger partial charge in [0.1, 0.15) is 12.6 Å². The van der Waals surface area contributed by atoms with E-state index < -0.39 is 0 Å². The Morgan fingerprint density at radius 1 is 1.22 bits per heavy atom. The third-order valence-corrected chi connectivity index (χ3v) is 5.35. The Hall–Kier alpha value is -2.51. The Labute approximate surface area is 158 Å². The molecule has 0 radical (unpaired) electrons. The van der Waals surface area contributed by atoms with Crippen molar-refractivity contribution in [1.82, 2.24) is 4.90 Å². The van der Waals surface area contributed by atoms with Gasteiger partial charge in [-0.25, -0.2) is 0 Å². The number of hydrogen-bond acceptors (Lipinski definition) is 4. The van der Waals surface area contributed by atoms with Crippen LogP contribution in [0.15, 0.2) is 41.0 Å². The number of furan rings is 1. The number of amides is 1. The van der Waals surface area contributed by atoms with Crippen LogP contribution in [0.2, 0.25) is 0 Å². The highest BCUT2D eigenvalue weighted by atomic mass is 16.7. The van der Waals surface area contributed by atoms with Gasteiger partial charge in [0.05, 0.1) is 32.4 Å². The zero-order valence-corrected chi connectivity index (χ0v) is 15.6. The second-order valence-corrected chi connectivity index (χ2v) is 7.24. The molecule has 7 heteroatoms. The van der Waals surface area contributed by atoms with E-state index in [1.807, 2.05) is 28.4 Å². The van der Waals surface area contributed by atoms with E-state index >= 15 is 0 Å². The molecular formula is C20H27N3O4+2. The molecule has 1 amide bonds. The van der Waals surface area contributed by atoms with Gasteiger partial charge in [-0.15, -0.1) is 0 Å². The third-order valence-electron chi connectivity index (χ3n) is 5.35. The van der Waals surface area contributed by atoms with Crippen LogP contribution in [0.4, 0.5) is 0 Å². The maximum atomic E-state index is 12.5. The van der Waals surface area contributed by atoms with Crippen molar-refractivity contribution in [1.29, 1.82) is 0 Å². The Kier molecular flexibility index (Phi) is 5.31. The predicted octanol–water partition coefficient (Wildman–Crippen LogP) is -0.440. The van der Waals surface area contributed by atoms with E-state index in [2.05, 4.69) is 19.1 Å². The number of nitrogens with one attached hydrogen (secondary N) is 1. The van der Waals surface area contributed by atoms with Crippen LogP contribution in [0.3, 0.4) is 0 Å². The van der Waals surface area contributed by atoms with Gasteiger partial charge in [-0.1, -0.05) is 0 Å². The van der Waals surface area contributed by atoms with Crippen molar-refractivity contribution in [2.45, 2.75) is 19.5 Å². The first-order chi connectivity index (χ1) is 13.2. The number of hydrogen-bond donors (Lipinski definition) is 2. The number of carbonyl (C=O) groups is 1. The molecule has 1 fully saturated rings. The zero-order chi connectivity index (χ0) is 18.6. The van der Waals surface area contributed by atoms with Crippen LogP contribution in [0.1, 0.15) is 24.3 Å². The van der Waals surface area contributed by atoms with Gasteiger partial charge < -0.3 is 29.0 Å². The van der Waals surface area contributed by atoms with Crippen LogP contribution in [0.25, 0.3) is 0 Å². The number of piperazine rings is 1. The minimum absolute atomic E-state index is 0.155. The van der Waals surface area contributed by atoms with Gasteiger partial charge in [-0.3, -0.25) is 4.79 Å². The van der Waals surface area contributed by atoms with Crippen LogP contribution in [0, 0.1) is 0 Å². The zero-order valence-electron chi connectivity index (χ0n) is 15.6. The van der Waals surface area contributed by atoms with Crippen LogP contribution in [-0.2, 0) is 11.3 Å². The number of benzene rings is 1. The highest BCUT2D eigenvalue weighted by Gasteiger charge is 2.26. The lowest BCUT2D eigenvalue weighted by atomic mass is 10.1. The molecule has 27 heavy (non-hydrogen) atoms. The summed E-state index contributed by atoms with van der Waals surface area (Å²) in [7, 11) is 0. The molecule has 1 atom stereocenters. The van der Waals surface area contributed by atoms with E-state index in [4.69, 9.17) is 13.9 Å². The molecule has 2 aliphatic rings. The maximum Gasteiger partial charge on any atom is 0.278 e. The molecule has 1 aromatic carbocycles. The minimum atomic E-state index is 0.155. The van der Waals surface area contributed by atoms with Crippen LogP contribution >= 0.6 is 0 Å². The number of rotatable bonds is 6. The average Bonchev–Trinajstić information content (AvgIpc) is 3.38. The number of ether oxygens (including phenoxy) is 2. The van der Waals surface area contributed by atoms with Gasteiger partial charge in [0, 0.05) is 5.56 Å². The molecule has 0 bridgehead atoms. The van der Waals surface area contributed by atoms with Crippen LogP contribution < -0.4 is 19.7 Å². The first kappa shape index (κ1) is 17.9. The van der Waals surface area contributed by atoms with E-state index in [0.717, 1.165) is 50.0 Å². The van der Waals surface area contributed by atoms with E-state index in [1.165, 1.54) is 10.5 Å². The average molecular weight is 373 g/mol. The summed E-state index contributed by atoms with van der Waals surface area (Å²) in [6.45, 7) is 7.31. The molecule has 1 aromatic heterocycles. The second-order valence-electron chi connectivity index (χ2n) is 7.24. The molecule has 0 unspecified atom stereocenters. The highest BCUT2D eigenvalue weighted by Crippen LogP contribution is 2.32. The number of carbonyl (C=O) groups excluding carboxylic acids is 1. The van der Waals surface area contributed by atoms with Crippen molar-refractivity contribution in [2.75, 3.05) is 39.5 Å². The van der Waals surface area contributed by atoms with Crippen LogP contribution in [0.5, 0.6) is 11.5 Å².